The van der Waals surface area contributed by atoms with E-state index >= 15 is 0 Å². The number of carboxylic acids is 1. The number of benzene rings is 1. The normalized spacial score (nSPS) is 30.2. The summed E-state index contributed by atoms with van der Waals surface area (Å²) in [5.74, 6) is -1.33. The number of aliphatic carboxylic acids is 1. The molecule has 2 saturated carbocycles. The molecule has 2 aliphatic carbocycles. The predicted octanol–water partition coefficient (Wildman–Crippen LogP) is 3.23. The van der Waals surface area contributed by atoms with Gasteiger partial charge in [0.15, 0.2) is 0 Å². The molecule has 0 aromatic heterocycles. The Morgan fingerprint density at radius 1 is 1.17 bits per heavy atom. The lowest BCUT2D eigenvalue weighted by Crippen LogP contribution is -2.42. The first-order valence-electron chi connectivity index (χ1n) is 8.48. The van der Waals surface area contributed by atoms with Crippen LogP contribution >= 0.6 is 0 Å². The molecule has 4 heteroatoms. The number of carbonyl (C=O) groups excluding carboxylic acids is 1. The molecule has 4 nitrogen and oxygen atoms in total. The van der Waals surface area contributed by atoms with Crippen LogP contribution in [-0.2, 0) is 9.59 Å². The van der Waals surface area contributed by atoms with E-state index in [1.165, 1.54) is 5.56 Å². The van der Waals surface area contributed by atoms with E-state index in [4.69, 9.17) is 0 Å². The number of hydrogen-bond acceptors (Lipinski definition) is 2. The minimum absolute atomic E-state index is 0.0860. The van der Waals surface area contributed by atoms with E-state index in [1.807, 2.05) is 32.9 Å². The number of carbonyl (C=O) groups is 2. The Kier molecular flexibility index (Phi) is 4.17. The molecule has 1 amide bonds. The maximum atomic E-state index is 12.7. The zero-order chi connectivity index (χ0) is 16.7. The van der Waals surface area contributed by atoms with Crippen molar-refractivity contribution in [1.29, 1.82) is 0 Å². The number of nitrogens with one attached hydrogen (secondary N) is 1. The Balaban J connectivity index is 1.74. The van der Waals surface area contributed by atoms with Crippen molar-refractivity contribution in [2.24, 2.45) is 23.7 Å². The van der Waals surface area contributed by atoms with Crippen molar-refractivity contribution in [2.45, 2.75) is 46.1 Å². The van der Waals surface area contributed by atoms with E-state index < -0.39 is 11.9 Å². The van der Waals surface area contributed by atoms with Crippen molar-refractivity contribution in [3.63, 3.8) is 0 Å². The first kappa shape index (κ1) is 16.0. The van der Waals surface area contributed by atoms with Gasteiger partial charge in [0.2, 0.25) is 5.91 Å². The zero-order valence-corrected chi connectivity index (χ0v) is 14.0. The minimum atomic E-state index is -0.809. The molecule has 0 radical (unpaired) electrons. The monoisotopic (exact) mass is 315 g/mol. The van der Waals surface area contributed by atoms with Crippen LogP contribution in [0.3, 0.4) is 0 Å². The van der Waals surface area contributed by atoms with Gasteiger partial charge in [0, 0.05) is 0 Å². The molecule has 2 N–H and O–H groups in total. The van der Waals surface area contributed by atoms with Crippen LogP contribution < -0.4 is 5.32 Å². The average molecular weight is 315 g/mol. The van der Waals surface area contributed by atoms with Crippen molar-refractivity contribution in [3.8, 4) is 0 Å². The standard InChI is InChI=1S/C19H25NO3/c1-10-4-7-15(11(2)8-10)12(3)20-18(21)16-13-5-6-14(9-13)17(16)19(22)23/h4,7-8,12-14,16-17H,5-6,9H2,1-3H3,(H,20,21)(H,22,23). The summed E-state index contributed by atoms with van der Waals surface area (Å²) in [6, 6.07) is 6.10. The molecule has 124 valence electrons. The quantitative estimate of drug-likeness (QED) is 0.896. The van der Waals surface area contributed by atoms with Gasteiger partial charge in [-0.3, -0.25) is 9.59 Å². The highest BCUT2D eigenvalue weighted by Crippen LogP contribution is 2.52. The van der Waals surface area contributed by atoms with Crippen LogP contribution in [0.4, 0.5) is 0 Å². The molecule has 0 heterocycles. The summed E-state index contributed by atoms with van der Waals surface area (Å²) in [5, 5.41) is 12.6. The van der Waals surface area contributed by atoms with Gasteiger partial charge in [0.05, 0.1) is 17.9 Å². The van der Waals surface area contributed by atoms with Crippen molar-refractivity contribution < 1.29 is 14.7 Å². The van der Waals surface area contributed by atoms with Crippen LogP contribution in [0.5, 0.6) is 0 Å². The highest BCUT2D eigenvalue weighted by atomic mass is 16.4. The highest BCUT2D eigenvalue weighted by Gasteiger charge is 2.54. The molecule has 0 saturated heterocycles. The summed E-state index contributed by atoms with van der Waals surface area (Å²) in [4.78, 5) is 24.3. The Bertz CT molecular complexity index is 640. The number of hydrogen-bond donors (Lipinski definition) is 2. The summed E-state index contributed by atoms with van der Waals surface area (Å²) < 4.78 is 0. The molecule has 2 aliphatic rings. The Morgan fingerprint density at radius 2 is 1.83 bits per heavy atom. The van der Waals surface area contributed by atoms with Crippen LogP contribution in [0.2, 0.25) is 0 Å². The SMILES string of the molecule is Cc1ccc(C(C)NC(=O)C2C3CCC(C3)C2C(=O)O)c(C)c1. The third kappa shape index (κ3) is 2.87. The predicted molar refractivity (Wildman–Crippen MR) is 87.9 cm³/mol. The van der Waals surface area contributed by atoms with E-state index in [2.05, 4.69) is 11.4 Å². The fourth-order valence-corrected chi connectivity index (χ4v) is 4.72. The Labute approximate surface area is 137 Å². The van der Waals surface area contributed by atoms with E-state index in [0.717, 1.165) is 30.4 Å². The lowest BCUT2D eigenvalue weighted by molar-refractivity contribution is -0.149. The molecule has 2 fully saturated rings. The summed E-state index contributed by atoms with van der Waals surface area (Å²) in [7, 11) is 0. The molecule has 3 rings (SSSR count). The van der Waals surface area contributed by atoms with Gasteiger partial charge >= 0.3 is 5.97 Å². The van der Waals surface area contributed by atoms with Gasteiger partial charge in [-0.25, -0.2) is 0 Å². The molecule has 5 atom stereocenters. The van der Waals surface area contributed by atoms with Gasteiger partial charge < -0.3 is 10.4 Å². The van der Waals surface area contributed by atoms with E-state index in [1.54, 1.807) is 0 Å². The lowest BCUT2D eigenvalue weighted by Gasteiger charge is -2.28. The van der Waals surface area contributed by atoms with Gasteiger partial charge in [0.25, 0.3) is 0 Å². The summed E-state index contributed by atoms with van der Waals surface area (Å²) >= 11 is 0. The highest BCUT2D eigenvalue weighted by molar-refractivity contribution is 5.86. The van der Waals surface area contributed by atoms with Gasteiger partial charge in [-0.15, -0.1) is 0 Å². The fourth-order valence-electron chi connectivity index (χ4n) is 4.72. The molecule has 1 aromatic carbocycles. The van der Waals surface area contributed by atoms with Crippen LogP contribution in [0, 0.1) is 37.5 Å². The molecular formula is C19H25NO3. The third-order valence-electron chi connectivity index (χ3n) is 5.75. The van der Waals surface area contributed by atoms with Crippen molar-refractivity contribution >= 4 is 11.9 Å². The smallest absolute Gasteiger partial charge is 0.307 e. The van der Waals surface area contributed by atoms with Crippen LogP contribution in [-0.4, -0.2) is 17.0 Å². The first-order valence-corrected chi connectivity index (χ1v) is 8.48. The van der Waals surface area contributed by atoms with Gasteiger partial charge in [0.1, 0.15) is 0 Å². The van der Waals surface area contributed by atoms with Gasteiger partial charge in [-0.2, -0.15) is 0 Å². The number of carboxylic acid groups (broad SMARTS) is 1. The second-order valence-corrected chi connectivity index (χ2v) is 7.31. The molecule has 5 unspecified atom stereocenters. The Morgan fingerprint density at radius 3 is 2.43 bits per heavy atom. The van der Waals surface area contributed by atoms with Crippen molar-refractivity contribution in [2.75, 3.05) is 0 Å². The molecular weight excluding hydrogens is 290 g/mol. The zero-order valence-electron chi connectivity index (χ0n) is 14.0. The maximum absolute atomic E-state index is 12.7. The van der Waals surface area contributed by atoms with Crippen LogP contribution in [0.1, 0.15) is 48.9 Å². The van der Waals surface area contributed by atoms with Gasteiger partial charge in [-0.1, -0.05) is 23.8 Å². The summed E-state index contributed by atoms with van der Waals surface area (Å²) in [6.07, 6.45) is 2.84. The third-order valence-corrected chi connectivity index (χ3v) is 5.75. The summed E-state index contributed by atoms with van der Waals surface area (Å²) in [6.45, 7) is 6.06. The largest absolute Gasteiger partial charge is 0.481 e. The average Bonchev–Trinajstić information content (AvgIpc) is 3.07. The minimum Gasteiger partial charge on any atom is -0.481 e. The van der Waals surface area contributed by atoms with Crippen LogP contribution in [0.25, 0.3) is 0 Å². The van der Waals surface area contributed by atoms with Crippen molar-refractivity contribution in [3.05, 3.63) is 34.9 Å². The second kappa shape index (κ2) is 5.99. The molecule has 0 spiro atoms. The lowest BCUT2D eigenvalue weighted by atomic mass is 9.78. The molecule has 23 heavy (non-hydrogen) atoms. The number of aryl methyl sites for hydroxylation is 2. The van der Waals surface area contributed by atoms with E-state index in [-0.39, 0.29) is 29.7 Å². The van der Waals surface area contributed by atoms with Gasteiger partial charge in [-0.05, 0) is 63.0 Å². The topological polar surface area (TPSA) is 66.4 Å². The molecule has 0 aliphatic heterocycles. The van der Waals surface area contributed by atoms with E-state index in [0.29, 0.717) is 0 Å². The molecule has 2 bridgehead atoms. The summed E-state index contributed by atoms with van der Waals surface area (Å²) in [5.41, 5.74) is 3.45. The fraction of sp³-hybridized carbons (Fsp3) is 0.579. The second-order valence-electron chi connectivity index (χ2n) is 7.31. The Hall–Kier alpha value is -1.84. The maximum Gasteiger partial charge on any atom is 0.307 e. The molecule has 1 aromatic rings. The number of rotatable bonds is 4. The van der Waals surface area contributed by atoms with E-state index in [9.17, 15) is 14.7 Å². The van der Waals surface area contributed by atoms with Crippen LogP contribution in [0.15, 0.2) is 18.2 Å². The number of fused-ring (bicyclic) bond motifs is 2. The number of amides is 1. The first-order chi connectivity index (χ1) is 10.9. The van der Waals surface area contributed by atoms with Crippen molar-refractivity contribution in [1.82, 2.24) is 5.32 Å².